The lowest BCUT2D eigenvalue weighted by molar-refractivity contribution is -0.138. The first-order valence-corrected chi connectivity index (χ1v) is 5.67. The lowest BCUT2D eigenvalue weighted by Crippen LogP contribution is -2.07. The highest BCUT2D eigenvalue weighted by molar-refractivity contribution is 5.38. The number of aliphatic hydroxyl groups is 1. The van der Waals surface area contributed by atoms with Crippen molar-refractivity contribution in [1.82, 2.24) is 9.97 Å². The Bertz CT molecular complexity index is 598. The van der Waals surface area contributed by atoms with Crippen LogP contribution >= 0.6 is 0 Å². The Labute approximate surface area is 112 Å². The zero-order valence-electron chi connectivity index (χ0n) is 10.5. The molecule has 1 N–H and O–H groups in total. The molecule has 7 heteroatoms. The smallest absolute Gasteiger partial charge is 0.416 e. The zero-order valence-corrected chi connectivity index (χ0v) is 10.5. The highest BCUT2D eigenvalue weighted by Gasteiger charge is 2.32. The standard InChI is InChI=1S/C13H11F3N2O2/c1-8-2-3-9(4-11(8)13(14,15)16)20-10-5-17-12(7-19)18-6-10/h2-6,19H,7H2,1H3. The van der Waals surface area contributed by atoms with E-state index in [1.807, 2.05) is 0 Å². The molecule has 0 unspecified atom stereocenters. The normalized spacial score (nSPS) is 11.4. The third-order valence-electron chi connectivity index (χ3n) is 2.57. The SMILES string of the molecule is Cc1ccc(Oc2cnc(CO)nc2)cc1C(F)(F)F. The van der Waals surface area contributed by atoms with E-state index in [0.717, 1.165) is 6.07 Å². The second kappa shape index (κ2) is 5.46. The molecule has 2 aromatic rings. The summed E-state index contributed by atoms with van der Waals surface area (Å²) in [6.07, 6.45) is -1.86. The van der Waals surface area contributed by atoms with Gasteiger partial charge in [0.15, 0.2) is 11.6 Å². The minimum Gasteiger partial charge on any atom is -0.454 e. The summed E-state index contributed by atoms with van der Waals surface area (Å²) in [7, 11) is 0. The first kappa shape index (κ1) is 14.3. The number of alkyl halides is 3. The fraction of sp³-hybridized carbons (Fsp3) is 0.231. The summed E-state index contributed by atoms with van der Waals surface area (Å²) in [6.45, 7) is 1.06. The van der Waals surface area contributed by atoms with Crippen molar-refractivity contribution in [1.29, 1.82) is 0 Å². The molecule has 0 amide bonds. The van der Waals surface area contributed by atoms with E-state index >= 15 is 0 Å². The van der Waals surface area contributed by atoms with Crippen LogP contribution in [0, 0.1) is 6.92 Å². The van der Waals surface area contributed by atoms with Gasteiger partial charge in [-0.25, -0.2) is 9.97 Å². The third-order valence-corrected chi connectivity index (χ3v) is 2.57. The van der Waals surface area contributed by atoms with E-state index in [0.29, 0.717) is 0 Å². The molecule has 0 spiro atoms. The Kier molecular flexibility index (Phi) is 3.89. The van der Waals surface area contributed by atoms with Crippen molar-refractivity contribution >= 4 is 0 Å². The van der Waals surface area contributed by atoms with Gasteiger partial charge in [-0.05, 0) is 24.6 Å². The topological polar surface area (TPSA) is 55.2 Å². The molecule has 0 radical (unpaired) electrons. The van der Waals surface area contributed by atoms with Crippen LogP contribution in [0.5, 0.6) is 11.5 Å². The molecule has 4 nitrogen and oxygen atoms in total. The Hall–Kier alpha value is -2.15. The number of nitrogens with zero attached hydrogens (tertiary/aromatic N) is 2. The minimum absolute atomic E-state index is 0.0447. The predicted octanol–water partition coefficient (Wildman–Crippen LogP) is 3.09. The van der Waals surface area contributed by atoms with Gasteiger partial charge < -0.3 is 9.84 Å². The van der Waals surface area contributed by atoms with E-state index in [2.05, 4.69) is 9.97 Å². The maximum absolute atomic E-state index is 12.8. The summed E-state index contributed by atoms with van der Waals surface area (Å²) in [5.41, 5.74) is -0.625. The van der Waals surface area contributed by atoms with Gasteiger partial charge in [0.1, 0.15) is 12.4 Å². The van der Waals surface area contributed by atoms with Crippen molar-refractivity contribution in [3.8, 4) is 11.5 Å². The summed E-state index contributed by atoms with van der Waals surface area (Å²) in [5.74, 6) is 0.444. The summed E-state index contributed by atoms with van der Waals surface area (Å²) < 4.78 is 43.5. The lowest BCUT2D eigenvalue weighted by atomic mass is 10.1. The van der Waals surface area contributed by atoms with Gasteiger partial charge >= 0.3 is 6.18 Å². The summed E-state index contributed by atoms with van der Waals surface area (Å²) in [6, 6.07) is 3.70. The Morgan fingerprint density at radius 3 is 2.35 bits per heavy atom. The lowest BCUT2D eigenvalue weighted by Gasteiger charge is -2.12. The molecule has 2 rings (SSSR count). The van der Waals surface area contributed by atoms with E-state index in [1.54, 1.807) is 0 Å². The summed E-state index contributed by atoms with van der Waals surface area (Å²) in [4.78, 5) is 7.55. The average Bonchev–Trinajstić information content (AvgIpc) is 2.40. The largest absolute Gasteiger partial charge is 0.454 e. The number of hydrogen-bond acceptors (Lipinski definition) is 4. The van der Waals surface area contributed by atoms with E-state index in [9.17, 15) is 13.2 Å². The number of hydrogen-bond donors (Lipinski definition) is 1. The Balaban J connectivity index is 2.25. The van der Waals surface area contributed by atoms with Crippen molar-refractivity contribution in [2.45, 2.75) is 19.7 Å². The van der Waals surface area contributed by atoms with Crippen LogP contribution in [0.4, 0.5) is 13.2 Å². The third kappa shape index (κ3) is 3.24. The molecule has 0 bridgehead atoms. The molecule has 0 aliphatic rings. The molecule has 0 saturated carbocycles. The summed E-state index contributed by atoms with van der Waals surface area (Å²) >= 11 is 0. The van der Waals surface area contributed by atoms with Gasteiger partial charge in [-0.3, -0.25) is 0 Å². The molecule has 106 valence electrons. The number of aryl methyl sites for hydroxylation is 1. The monoisotopic (exact) mass is 284 g/mol. The maximum Gasteiger partial charge on any atom is 0.416 e. The molecule has 1 aromatic carbocycles. The quantitative estimate of drug-likeness (QED) is 0.941. The first-order chi connectivity index (χ1) is 9.40. The van der Waals surface area contributed by atoms with E-state index in [4.69, 9.17) is 9.84 Å². The number of rotatable bonds is 3. The predicted molar refractivity (Wildman–Crippen MR) is 64.2 cm³/mol. The molecule has 0 atom stereocenters. The average molecular weight is 284 g/mol. The molecule has 0 saturated heterocycles. The molecule has 0 fully saturated rings. The van der Waals surface area contributed by atoms with Crippen LogP contribution in [0.2, 0.25) is 0 Å². The van der Waals surface area contributed by atoms with Gasteiger partial charge in [0, 0.05) is 0 Å². The highest BCUT2D eigenvalue weighted by Crippen LogP contribution is 2.34. The van der Waals surface area contributed by atoms with E-state index in [-0.39, 0.29) is 29.5 Å². The van der Waals surface area contributed by atoms with Gasteiger partial charge in [-0.1, -0.05) is 6.07 Å². The number of ether oxygens (including phenoxy) is 1. The van der Waals surface area contributed by atoms with Crippen molar-refractivity contribution < 1.29 is 23.0 Å². The van der Waals surface area contributed by atoms with Gasteiger partial charge in [0.05, 0.1) is 18.0 Å². The number of aliphatic hydroxyl groups excluding tert-OH is 1. The number of halogens is 3. The fourth-order valence-electron chi connectivity index (χ4n) is 1.58. The second-order valence-corrected chi connectivity index (χ2v) is 4.07. The molecule has 0 aliphatic carbocycles. The summed E-state index contributed by atoms with van der Waals surface area (Å²) in [5, 5.41) is 8.78. The van der Waals surface area contributed by atoms with Crippen LogP contribution in [-0.4, -0.2) is 15.1 Å². The molecule has 1 heterocycles. The fourth-order valence-corrected chi connectivity index (χ4v) is 1.58. The molecular formula is C13H11F3N2O2. The Morgan fingerprint density at radius 2 is 1.80 bits per heavy atom. The van der Waals surface area contributed by atoms with Gasteiger partial charge in [-0.2, -0.15) is 13.2 Å². The molecular weight excluding hydrogens is 273 g/mol. The van der Waals surface area contributed by atoms with Gasteiger partial charge in [-0.15, -0.1) is 0 Å². The van der Waals surface area contributed by atoms with Crippen molar-refractivity contribution in [3.05, 3.63) is 47.5 Å². The first-order valence-electron chi connectivity index (χ1n) is 5.67. The minimum atomic E-state index is -4.43. The molecule has 20 heavy (non-hydrogen) atoms. The van der Waals surface area contributed by atoms with Gasteiger partial charge in [0.2, 0.25) is 0 Å². The van der Waals surface area contributed by atoms with Gasteiger partial charge in [0.25, 0.3) is 0 Å². The van der Waals surface area contributed by atoms with Crippen molar-refractivity contribution in [3.63, 3.8) is 0 Å². The van der Waals surface area contributed by atoms with Crippen LogP contribution in [-0.2, 0) is 12.8 Å². The number of aromatic nitrogens is 2. The molecule has 0 aliphatic heterocycles. The van der Waals surface area contributed by atoms with Crippen LogP contribution < -0.4 is 4.74 Å². The van der Waals surface area contributed by atoms with Crippen molar-refractivity contribution in [2.24, 2.45) is 0 Å². The molecule has 1 aromatic heterocycles. The number of benzene rings is 1. The van der Waals surface area contributed by atoms with E-state index in [1.165, 1.54) is 31.5 Å². The maximum atomic E-state index is 12.8. The van der Waals surface area contributed by atoms with Crippen LogP contribution in [0.15, 0.2) is 30.6 Å². The van der Waals surface area contributed by atoms with Crippen LogP contribution in [0.3, 0.4) is 0 Å². The Morgan fingerprint density at radius 1 is 1.15 bits per heavy atom. The highest BCUT2D eigenvalue weighted by atomic mass is 19.4. The second-order valence-electron chi connectivity index (χ2n) is 4.07. The van der Waals surface area contributed by atoms with Crippen molar-refractivity contribution in [2.75, 3.05) is 0 Å². The van der Waals surface area contributed by atoms with Crippen LogP contribution in [0.25, 0.3) is 0 Å². The van der Waals surface area contributed by atoms with E-state index < -0.39 is 11.7 Å². The van der Waals surface area contributed by atoms with Crippen LogP contribution in [0.1, 0.15) is 17.0 Å². The zero-order chi connectivity index (χ0) is 14.8.